The zero-order valence-electron chi connectivity index (χ0n) is 23.9. The Hall–Kier alpha value is -3.05. The van der Waals surface area contributed by atoms with Crippen LogP contribution in [-0.2, 0) is 0 Å². The van der Waals surface area contributed by atoms with Crippen molar-refractivity contribution in [2.45, 2.75) is 92.3 Å². The van der Waals surface area contributed by atoms with E-state index in [1.165, 1.54) is 63.1 Å². The van der Waals surface area contributed by atoms with Gasteiger partial charge in [0.1, 0.15) is 11.8 Å². The maximum atomic E-state index is 12.4. The van der Waals surface area contributed by atoms with Crippen LogP contribution in [0.1, 0.15) is 95.9 Å². The smallest absolute Gasteiger partial charge is 0.406 e. The van der Waals surface area contributed by atoms with E-state index >= 15 is 0 Å². The summed E-state index contributed by atoms with van der Waals surface area (Å²) in [6, 6.07) is 9.73. The summed E-state index contributed by atoms with van der Waals surface area (Å²) in [5.74, 6) is 1.57. The zero-order valence-corrected chi connectivity index (χ0v) is 23.9. The number of benzene rings is 1. The van der Waals surface area contributed by atoms with E-state index in [2.05, 4.69) is 33.6 Å². The third-order valence-corrected chi connectivity index (χ3v) is 6.84. The Labute approximate surface area is 231 Å². The van der Waals surface area contributed by atoms with Gasteiger partial charge in [-0.05, 0) is 79.1 Å². The minimum Gasteiger partial charge on any atom is -0.406 e. The van der Waals surface area contributed by atoms with Gasteiger partial charge in [0.15, 0.2) is 0 Å². The van der Waals surface area contributed by atoms with Crippen molar-refractivity contribution in [3.8, 4) is 11.8 Å². The number of rotatable bonds is 8. The molecule has 0 radical (unpaired) electrons. The first-order valence-electron chi connectivity index (χ1n) is 14.1. The molecule has 8 heteroatoms. The summed E-state index contributed by atoms with van der Waals surface area (Å²) >= 11 is 0. The molecule has 2 fully saturated rings. The minimum atomic E-state index is -4.76. The maximum Gasteiger partial charge on any atom is 0.573 e. The lowest BCUT2D eigenvalue weighted by molar-refractivity contribution is -0.274. The summed E-state index contributed by atoms with van der Waals surface area (Å²) in [5.41, 5.74) is 9.72. The second-order valence-electron chi connectivity index (χ2n) is 10.1. The van der Waals surface area contributed by atoms with Gasteiger partial charge in [0, 0.05) is 6.54 Å². The van der Waals surface area contributed by atoms with Gasteiger partial charge in [-0.3, -0.25) is 4.98 Å². The fourth-order valence-corrected chi connectivity index (χ4v) is 4.43. The van der Waals surface area contributed by atoms with Crippen LogP contribution in [0.15, 0.2) is 36.5 Å². The van der Waals surface area contributed by atoms with Gasteiger partial charge in [0.2, 0.25) is 0 Å². The number of hydrogen-bond acceptors (Lipinski definition) is 5. The molecule has 2 aromatic rings. The van der Waals surface area contributed by atoms with Crippen molar-refractivity contribution in [2.24, 2.45) is 11.8 Å². The molecule has 0 bridgehead atoms. The lowest BCUT2D eigenvalue weighted by Gasteiger charge is -2.15. The first kappa shape index (κ1) is 32.2. The standard InChI is InChI=1S/C22H23F3N4O.C7H14.C2H6/c1-14-11-18(30-22(23,24)25)6-7-19(14)20(12-26)15(2)21-8-5-17(13-27-21)29-28-10-9-16-3-4-16;1-7-5-3-2-4-6-7;1-2/h5-8,11,13,16,28-29H,3-4,9-10H2,1-2H3;7H,2-6H2,1H3;1-2H3/b20-15+;;. The van der Waals surface area contributed by atoms with E-state index < -0.39 is 6.36 Å². The molecule has 1 aromatic carbocycles. The van der Waals surface area contributed by atoms with Crippen molar-refractivity contribution in [1.29, 1.82) is 5.26 Å². The van der Waals surface area contributed by atoms with Gasteiger partial charge in [-0.15, -0.1) is 13.2 Å². The molecule has 2 N–H and O–H groups in total. The summed E-state index contributed by atoms with van der Waals surface area (Å²) in [6.45, 7) is 10.6. The minimum absolute atomic E-state index is 0.318. The van der Waals surface area contributed by atoms with Gasteiger partial charge in [-0.1, -0.05) is 65.7 Å². The van der Waals surface area contributed by atoms with Crippen LogP contribution >= 0.6 is 0 Å². The van der Waals surface area contributed by atoms with Gasteiger partial charge in [-0.25, -0.2) is 5.43 Å². The summed E-state index contributed by atoms with van der Waals surface area (Å²) in [7, 11) is 0. The van der Waals surface area contributed by atoms with Crippen molar-refractivity contribution in [2.75, 3.05) is 12.0 Å². The number of nitriles is 1. The number of hydrazine groups is 1. The number of anilines is 1. The average Bonchev–Trinajstić information content (AvgIpc) is 3.74. The first-order chi connectivity index (χ1) is 18.7. The Kier molecular flexibility index (Phi) is 13.3. The van der Waals surface area contributed by atoms with Crippen LogP contribution in [0.5, 0.6) is 5.75 Å². The quantitative estimate of drug-likeness (QED) is 0.197. The van der Waals surface area contributed by atoms with E-state index in [4.69, 9.17) is 0 Å². The molecule has 0 unspecified atom stereocenters. The summed E-state index contributed by atoms with van der Waals surface area (Å²) in [6.07, 6.45) is 8.14. The molecule has 39 heavy (non-hydrogen) atoms. The lowest BCUT2D eigenvalue weighted by Crippen LogP contribution is -2.23. The SMILES string of the molecule is C/C(=C(/C#N)c1ccc(OC(F)(F)F)cc1C)c1ccc(NNCCC2CC2)cn1.CC.CC1CCCCC1. The predicted molar refractivity (Wildman–Crippen MR) is 153 cm³/mol. The molecule has 2 aliphatic rings. The van der Waals surface area contributed by atoms with E-state index in [1.807, 2.05) is 19.9 Å². The monoisotopic (exact) mass is 544 g/mol. The number of nitrogens with zero attached hydrogens (tertiary/aromatic N) is 2. The predicted octanol–water partition coefficient (Wildman–Crippen LogP) is 9.07. The highest BCUT2D eigenvalue weighted by molar-refractivity contribution is 5.96. The van der Waals surface area contributed by atoms with Gasteiger partial charge in [0.25, 0.3) is 0 Å². The van der Waals surface area contributed by atoms with Crippen molar-refractivity contribution in [1.82, 2.24) is 10.4 Å². The molecule has 0 amide bonds. The molecule has 0 spiro atoms. The average molecular weight is 545 g/mol. The lowest BCUT2D eigenvalue weighted by atomic mass is 9.91. The van der Waals surface area contributed by atoms with Crippen LogP contribution in [0, 0.1) is 30.1 Å². The van der Waals surface area contributed by atoms with E-state index in [9.17, 15) is 18.4 Å². The summed E-state index contributed by atoms with van der Waals surface area (Å²) in [4.78, 5) is 4.41. The fraction of sp³-hybridized carbons (Fsp3) is 0.548. The van der Waals surface area contributed by atoms with E-state index in [-0.39, 0.29) is 5.75 Å². The topological polar surface area (TPSA) is 70.0 Å². The number of aryl methyl sites for hydroxylation is 1. The molecule has 0 atom stereocenters. The van der Waals surface area contributed by atoms with Crippen molar-refractivity contribution in [3.05, 3.63) is 53.3 Å². The van der Waals surface area contributed by atoms with Crippen molar-refractivity contribution < 1.29 is 17.9 Å². The molecule has 5 nitrogen and oxygen atoms in total. The molecule has 1 aromatic heterocycles. The number of allylic oxidation sites excluding steroid dienone is 2. The molecule has 2 saturated carbocycles. The molecule has 214 valence electrons. The number of aromatic nitrogens is 1. The Balaban J connectivity index is 0.000000507. The second-order valence-corrected chi connectivity index (χ2v) is 10.1. The number of ether oxygens (including phenoxy) is 1. The van der Waals surface area contributed by atoms with Crippen LogP contribution in [0.3, 0.4) is 0 Å². The maximum absolute atomic E-state index is 12.4. The molecule has 2 aliphatic carbocycles. The Bertz CT molecular complexity index is 1080. The zero-order chi connectivity index (χ0) is 28.8. The highest BCUT2D eigenvalue weighted by Crippen LogP contribution is 2.32. The number of nitrogens with one attached hydrogen (secondary N) is 2. The Morgan fingerprint density at radius 3 is 2.26 bits per heavy atom. The van der Waals surface area contributed by atoms with Gasteiger partial charge in [-0.2, -0.15) is 5.26 Å². The molecule has 0 saturated heterocycles. The largest absolute Gasteiger partial charge is 0.573 e. The van der Waals surface area contributed by atoms with Crippen LogP contribution in [0.25, 0.3) is 11.1 Å². The third kappa shape index (κ3) is 11.7. The van der Waals surface area contributed by atoms with Crippen LogP contribution < -0.4 is 15.6 Å². The third-order valence-electron chi connectivity index (χ3n) is 6.84. The van der Waals surface area contributed by atoms with E-state index in [0.29, 0.717) is 28.0 Å². The van der Waals surface area contributed by atoms with Crippen LogP contribution in [0.4, 0.5) is 18.9 Å². The summed E-state index contributed by atoms with van der Waals surface area (Å²) in [5, 5.41) is 9.67. The molecular weight excluding hydrogens is 501 g/mol. The molecule has 4 rings (SSSR count). The number of alkyl halides is 3. The molecule has 1 heterocycles. The van der Waals surface area contributed by atoms with E-state index in [1.54, 1.807) is 26.1 Å². The second kappa shape index (κ2) is 16.1. The van der Waals surface area contributed by atoms with Gasteiger partial charge in [0.05, 0.1) is 23.2 Å². The van der Waals surface area contributed by atoms with Gasteiger partial charge >= 0.3 is 6.36 Å². The highest BCUT2D eigenvalue weighted by Gasteiger charge is 2.31. The van der Waals surface area contributed by atoms with Crippen LogP contribution in [0.2, 0.25) is 0 Å². The molecular formula is C31H43F3N4O. The van der Waals surface area contributed by atoms with E-state index in [0.717, 1.165) is 30.5 Å². The molecule has 0 aliphatic heterocycles. The summed E-state index contributed by atoms with van der Waals surface area (Å²) < 4.78 is 41.2. The number of halogens is 3. The van der Waals surface area contributed by atoms with Crippen molar-refractivity contribution in [3.63, 3.8) is 0 Å². The highest BCUT2D eigenvalue weighted by atomic mass is 19.4. The number of hydrogen-bond donors (Lipinski definition) is 2. The Morgan fingerprint density at radius 2 is 1.77 bits per heavy atom. The Morgan fingerprint density at radius 1 is 1.08 bits per heavy atom. The van der Waals surface area contributed by atoms with Crippen LogP contribution in [-0.4, -0.2) is 17.9 Å². The first-order valence-corrected chi connectivity index (χ1v) is 14.1. The normalized spacial score (nSPS) is 16.0. The fourth-order valence-electron chi connectivity index (χ4n) is 4.43. The number of pyridine rings is 1. The van der Waals surface area contributed by atoms with Crippen molar-refractivity contribution >= 4 is 16.8 Å². The van der Waals surface area contributed by atoms with Gasteiger partial charge < -0.3 is 10.2 Å².